The number of likely N-dealkylation sites (tertiary alicyclic amines) is 1. The van der Waals surface area contributed by atoms with Crippen molar-refractivity contribution >= 4 is 0 Å². The Morgan fingerprint density at radius 2 is 1.92 bits per heavy atom. The molecule has 1 heterocycles. The van der Waals surface area contributed by atoms with Gasteiger partial charge in [-0.3, -0.25) is 4.90 Å². The Morgan fingerprint density at radius 3 is 2.31 bits per heavy atom. The van der Waals surface area contributed by atoms with E-state index in [1.165, 1.54) is 38.6 Å². The standard InChI is InChI=1S/C11H24N2/c1-4-11(5-2)8-6-7-9-13(11)10(3)12/h10H,4-9,12H2,1-3H3. The summed E-state index contributed by atoms with van der Waals surface area (Å²) in [5, 5.41) is 0. The van der Waals surface area contributed by atoms with Crippen molar-refractivity contribution in [1.29, 1.82) is 0 Å². The van der Waals surface area contributed by atoms with Crippen LogP contribution >= 0.6 is 0 Å². The second kappa shape index (κ2) is 4.43. The van der Waals surface area contributed by atoms with E-state index in [1.54, 1.807) is 0 Å². The molecule has 2 heteroatoms. The first-order valence-corrected chi connectivity index (χ1v) is 5.68. The Morgan fingerprint density at radius 1 is 1.31 bits per heavy atom. The highest BCUT2D eigenvalue weighted by Gasteiger charge is 2.36. The molecule has 78 valence electrons. The fourth-order valence-corrected chi connectivity index (χ4v) is 2.76. The molecule has 1 saturated heterocycles. The second-order valence-corrected chi connectivity index (χ2v) is 4.32. The van der Waals surface area contributed by atoms with Crippen LogP contribution in [-0.2, 0) is 0 Å². The van der Waals surface area contributed by atoms with Gasteiger partial charge in [-0.05, 0) is 32.6 Å². The van der Waals surface area contributed by atoms with Gasteiger partial charge < -0.3 is 5.73 Å². The van der Waals surface area contributed by atoms with E-state index < -0.39 is 0 Å². The molecular formula is C11H24N2. The molecule has 13 heavy (non-hydrogen) atoms. The molecule has 0 aromatic carbocycles. The number of hydrogen-bond acceptors (Lipinski definition) is 2. The molecule has 1 fully saturated rings. The van der Waals surface area contributed by atoms with Gasteiger partial charge in [-0.1, -0.05) is 20.3 Å². The summed E-state index contributed by atoms with van der Waals surface area (Å²) >= 11 is 0. The van der Waals surface area contributed by atoms with Gasteiger partial charge in [0.2, 0.25) is 0 Å². The maximum Gasteiger partial charge on any atom is 0.0547 e. The Balaban J connectivity index is 2.75. The molecule has 2 nitrogen and oxygen atoms in total. The minimum atomic E-state index is 0.222. The quantitative estimate of drug-likeness (QED) is 0.729. The van der Waals surface area contributed by atoms with Gasteiger partial charge in [0.05, 0.1) is 6.17 Å². The lowest BCUT2D eigenvalue weighted by Crippen LogP contribution is -2.57. The summed E-state index contributed by atoms with van der Waals surface area (Å²) < 4.78 is 0. The lowest BCUT2D eigenvalue weighted by molar-refractivity contribution is 0.00872. The first kappa shape index (κ1) is 11.0. The molecule has 0 aromatic rings. The first-order valence-electron chi connectivity index (χ1n) is 5.68. The average Bonchev–Trinajstić information content (AvgIpc) is 2.17. The zero-order valence-electron chi connectivity index (χ0n) is 9.34. The van der Waals surface area contributed by atoms with E-state index in [-0.39, 0.29) is 6.17 Å². The summed E-state index contributed by atoms with van der Waals surface area (Å²) in [5.74, 6) is 0. The Hall–Kier alpha value is -0.0800. The molecule has 1 unspecified atom stereocenters. The summed E-state index contributed by atoms with van der Waals surface area (Å²) in [7, 11) is 0. The molecule has 0 amide bonds. The van der Waals surface area contributed by atoms with Crippen LogP contribution < -0.4 is 5.73 Å². The lowest BCUT2D eigenvalue weighted by atomic mass is 9.81. The number of hydrogen-bond donors (Lipinski definition) is 1. The zero-order valence-corrected chi connectivity index (χ0v) is 9.34. The molecule has 0 spiro atoms. The third kappa shape index (κ3) is 2.05. The lowest BCUT2D eigenvalue weighted by Gasteiger charge is -2.48. The monoisotopic (exact) mass is 184 g/mol. The highest BCUT2D eigenvalue weighted by atomic mass is 15.3. The van der Waals surface area contributed by atoms with Crippen molar-refractivity contribution in [2.24, 2.45) is 5.73 Å². The third-order valence-electron chi connectivity index (χ3n) is 3.71. The van der Waals surface area contributed by atoms with E-state index in [9.17, 15) is 0 Å². The highest BCUT2D eigenvalue weighted by molar-refractivity contribution is 4.92. The molecule has 1 aliphatic rings. The summed E-state index contributed by atoms with van der Waals surface area (Å²) in [5.41, 5.74) is 6.43. The van der Waals surface area contributed by atoms with Crippen molar-refractivity contribution in [3.8, 4) is 0 Å². The molecule has 2 N–H and O–H groups in total. The van der Waals surface area contributed by atoms with Crippen LogP contribution in [0.15, 0.2) is 0 Å². The maximum atomic E-state index is 6.02. The van der Waals surface area contributed by atoms with E-state index in [0.717, 1.165) is 0 Å². The Labute approximate surface area is 82.5 Å². The second-order valence-electron chi connectivity index (χ2n) is 4.32. The van der Waals surface area contributed by atoms with Crippen molar-refractivity contribution in [1.82, 2.24) is 4.90 Å². The van der Waals surface area contributed by atoms with E-state index >= 15 is 0 Å². The molecule has 1 atom stereocenters. The smallest absolute Gasteiger partial charge is 0.0547 e. The normalized spacial score (nSPS) is 25.8. The van der Waals surface area contributed by atoms with Gasteiger partial charge in [0, 0.05) is 12.1 Å². The van der Waals surface area contributed by atoms with Gasteiger partial charge in [-0.25, -0.2) is 0 Å². The molecule has 1 aliphatic heterocycles. The number of rotatable bonds is 3. The van der Waals surface area contributed by atoms with Crippen molar-refractivity contribution in [2.75, 3.05) is 6.54 Å². The molecule has 0 radical (unpaired) electrons. The van der Waals surface area contributed by atoms with E-state index in [4.69, 9.17) is 5.73 Å². The molecule has 1 rings (SSSR count). The van der Waals surface area contributed by atoms with Crippen molar-refractivity contribution < 1.29 is 0 Å². The SMILES string of the molecule is CCC1(CC)CCCCN1C(C)N. The number of nitrogens with zero attached hydrogens (tertiary/aromatic N) is 1. The largest absolute Gasteiger partial charge is 0.316 e. The Bertz CT molecular complexity index is 150. The van der Waals surface area contributed by atoms with E-state index in [2.05, 4.69) is 25.7 Å². The maximum absolute atomic E-state index is 6.02. The number of nitrogens with two attached hydrogens (primary N) is 1. The molecule has 0 aromatic heterocycles. The topological polar surface area (TPSA) is 29.3 Å². The first-order chi connectivity index (χ1) is 6.16. The van der Waals surface area contributed by atoms with Gasteiger partial charge in [-0.2, -0.15) is 0 Å². The van der Waals surface area contributed by atoms with Crippen LogP contribution in [0, 0.1) is 0 Å². The summed E-state index contributed by atoms with van der Waals surface area (Å²) in [6.45, 7) is 7.90. The molecule has 0 aliphatic carbocycles. The highest BCUT2D eigenvalue weighted by Crippen LogP contribution is 2.34. The van der Waals surface area contributed by atoms with Crippen molar-refractivity contribution in [3.05, 3.63) is 0 Å². The third-order valence-corrected chi connectivity index (χ3v) is 3.71. The molecule has 0 saturated carbocycles. The van der Waals surface area contributed by atoms with Gasteiger partial charge >= 0.3 is 0 Å². The predicted octanol–water partition coefficient (Wildman–Crippen LogP) is 2.34. The fraction of sp³-hybridized carbons (Fsp3) is 1.00. The van der Waals surface area contributed by atoms with Gasteiger partial charge in [0.1, 0.15) is 0 Å². The zero-order chi connectivity index (χ0) is 9.90. The summed E-state index contributed by atoms with van der Waals surface area (Å²) in [4.78, 5) is 2.51. The van der Waals surface area contributed by atoms with Gasteiger partial charge in [0.15, 0.2) is 0 Å². The molecule has 0 bridgehead atoms. The van der Waals surface area contributed by atoms with Crippen LogP contribution in [-0.4, -0.2) is 23.1 Å². The van der Waals surface area contributed by atoms with Crippen LogP contribution in [0.3, 0.4) is 0 Å². The average molecular weight is 184 g/mol. The minimum Gasteiger partial charge on any atom is -0.316 e. The van der Waals surface area contributed by atoms with Gasteiger partial charge in [-0.15, -0.1) is 0 Å². The van der Waals surface area contributed by atoms with Crippen molar-refractivity contribution in [3.63, 3.8) is 0 Å². The van der Waals surface area contributed by atoms with Crippen LogP contribution in [0.2, 0.25) is 0 Å². The van der Waals surface area contributed by atoms with Crippen molar-refractivity contribution in [2.45, 2.75) is 64.6 Å². The van der Waals surface area contributed by atoms with Gasteiger partial charge in [0.25, 0.3) is 0 Å². The molecular weight excluding hydrogens is 160 g/mol. The van der Waals surface area contributed by atoms with Crippen LogP contribution in [0.25, 0.3) is 0 Å². The fourth-order valence-electron chi connectivity index (χ4n) is 2.76. The van der Waals surface area contributed by atoms with Crippen LogP contribution in [0.4, 0.5) is 0 Å². The summed E-state index contributed by atoms with van der Waals surface area (Å²) in [6, 6.07) is 0. The summed E-state index contributed by atoms with van der Waals surface area (Å²) in [6.07, 6.45) is 6.74. The predicted molar refractivity (Wildman–Crippen MR) is 57.5 cm³/mol. The number of piperidine rings is 1. The minimum absolute atomic E-state index is 0.222. The van der Waals surface area contributed by atoms with Crippen LogP contribution in [0.1, 0.15) is 52.9 Å². The van der Waals surface area contributed by atoms with E-state index in [0.29, 0.717) is 5.54 Å². The van der Waals surface area contributed by atoms with E-state index in [1.807, 2.05) is 0 Å². The Kier molecular flexibility index (Phi) is 3.74. The van der Waals surface area contributed by atoms with Crippen LogP contribution in [0.5, 0.6) is 0 Å².